The van der Waals surface area contributed by atoms with Crippen molar-refractivity contribution in [2.45, 2.75) is 12.3 Å². The van der Waals surface area contributed by atoms with Gasteiger partial charge in [0.2, 0.25) is 5.76 Å². The van der Waals surface area contributed by atoms with Crippen LogP contribution in [0.1, 0.15) is 21.7 Å². The lowest BCUT2D eigenvalue weighted by Gasteiger charge is -2.04. The van der Waals surface area contributed by atoms with Crippen molar-refractivity contribution in [3.63, 3.8) is 0 Å². The summed E-state index contributed by atoms with van der Waals surface area (Å²) in [6, 6.07) is 6.73. The van der Waals surface area contributed by atoms with Crippen molar-refractivity contribution in [2.75, 3.05) is 0 Å². The predicted octanol–water partition coefficient (Wildman–Crippen LogP) is 3.04. The van der Waals surface area contributed by atoms with Gasteiger partial charge in [0, 0.05) is 5.56 Å². The summed E-state index contributed by atoms with van der Waals surface area (Å²) < 4.78 is 30.7. The van der Waals surface area contributed by atoms with Gasteiger partial charge in [-0.2, -0.15) is 8.78 Å². The Morgan fingerprint density at radius 3 is 2.42 bits per heavy atom. The monoisotopic (exact) mass is 286 g/mol. The highest BCUT2D eigenvalue weighted by Gasteiger charge is 2.40. The molecule has 7 heteroatoms. The number of primary amides is 1. The van der Waals surface area contributed by atoms with Gasteiger partial charge < -0.3 is 10.3 Å². The van der Waals surface area contributed by atoms with Crippen LogP contribution in [0, 0.1) is 6.92 Å². The van der Waals surface area contributed by atoms with Gasteiger partial charge in [0.25, 0.3) is 5.91 Å². The number of aryl methyl sites for hydroxylation is 1. The van der Waals surface area contributed by atoms with Gasteiger partial charge in [-0.15, -0.1) is 0 Å². The van der Waals surface area contributed by atoms with Crippen LogP contribution in [0.3, 0.4) is 0 Å². The Bertz CT molecular complexity index is 618. The zero-order valence-corrected chi connectivity index (χ0v) is 10.5. The van der Waals surface area contributed by atoms with Crippen molar-refractivity contribution < 1.29 is 18.1 Å². The predicted molar refractivity (Wildman–Crippen MR) is 64.9 cm³/mol. The minimum absolute atomic E-state index is 0.0529. The van der Waals surface area contributed by atoms with Crippen LogP contribution in [-0.2, 0) is 5.38 Å². The lowest BCUT2D eigenvalue weighted by Crippen LogP contribution is -2.17. The molecule has 0 aliphatic heterocycles. The fraction of sp³-hybridized carbons (Fsp3) is 0.167. The fourth-order valence-electron chi connectivity index (χ4n) is 1.62. The second kappa shape index (κ2) is 4.62. The molecule has 0 spiro atoms. The molecule has 2 rings (SSSR count). The van der Waals surface area contributed by atoms with Crippen LogP contribution in [0.2, 0.25) is 0 Å². The summed E-state index contributed by atoms with van der Waals surface area (Å²) >= 11 is 4.86. The van der Waals surface area contributed by atoms with E-state index in [9.17, 15) is 13.6 Å². The SMILES string of the molecule is Cc1ccc(-c2noc(C(F)(F)Cl)c2C(N)=O)cc1. The number of amides is 1. The number of nitrogens with zero attached hydrogens (tertiary/aromatic N) is 1. The summed E-state index contributed by atoms with van der Waals surface area (Å²) in [5, 5.41) is -0.383. The minimum Gasteiger partial charge on any atom is -0.365 e. The van der Waals surface area contributed by atoms with Crippen LogP contribution in [0.4, 0.5) is 8.78 Å². The number of hydrogen-bond acceptors (Lipinski definition) is 3. The van der Waals surface area contributed by atoms with E-state index >= 15 is 0 Å². The number of hydrogen-bond donors (Lipinski definition) is 1. The lowest BCUT2D eigenvalue weighted by atomic mass is 10.0. The Labute approximate surface area is 112 Å². The molecular formula is C12H9ClF2N2O2. The van der Waals surface area contributed by atoms with E-state index in [1.165, 1.54) is 0 Å². The summed E-state index contributed by atoms with van der Waals surface area (Å²) in [6.07, 6.45) is 0. The summed E-state index contributed by atoms with van der Waals surface area (Å²) in [5.41, 5.74) is 5.94. The van der Waals surface area contributed by atoms with Crippen molar-refractivity contribution in [1.82, 2.24) is 5.16 Å². The Morgan fingerprint density at radius 1 is 1.37 bits per heavy atom. The Hall–Kier alpha value is -1.95. The Balaban J connectivity index is 2.62. The molecular weight excluding hydrogens is 278 g/mol. The molecule has 1 heterocycles. The molecule has 100 valence electrons. The highest BCUT2D eigenvalue weighted by molar-refractivity contribution is 6.22. The first-order chi connectivity index (χ1) is 8.80. The quantitative estimate of drug-likeness (QED) is 0.882. The zero-order chi connectivity index (χ0) is 14.2. The van der Waals surface area contributed by atoms with Gasteiger partial charge in [-0.25, -0.2) is 0 Å². The Kier molecular flexibility index (Phi) is 3.28. The second-order valence-electron chi connectivity index (χ2n) is 3.96. The number of carbonyl (C=O) groups excluding carboxylic acids is 1. The van der Waals surface area contributed by atoms with Gasteiger partial charge in [-0.1, -0.05) is 35.0 Å². The van der Waals surface area contributed by atoms with Crippen LogP contribution >= 0.6 is 11.6 Å². The maximum atomic E-state index is 13.1. The van der Waals surface area contributed by atoms with E-state index in [1.54, 1.807) is 24.3 Å². The molecule has 0 atom stereocenters. The molecule has 0 fully saturated rings. The first-order valence-electron chi connectivity index (χ1n) is 5.24. The molecule has 0 radical (unpaired) electrons. The molecule has 0 bridgehead atoms. The molecule has 0 unspecified atom stereocenters. The largest absolute Gasteiger partial charge is 0.383 e. The van der Waals surface area contributed by atoms with Crippen molar-refractivity contribution in [2.24, 2.45) is 5.73 Å². The second-order valence-corrected chi connectivity index (χ2v) is 4.44. The molecule has 19 heavy (non-hydrogen) atoms. The third-order valence-corrected chi connectivity index (χ3v) is 2.69. The zero-order valence-electron chi connectivity index (χ0n) is 9.78. The van der Waals surface area contributed by atoms with Gasteiger partial charge in [0.15, 0.2) is 0 Å². The van der Waals surface area contributed by atoms with Gasteiger partial charge in [-0.3, -0.25) is 4.79 Å². The van der Waals surface area contributed by atoms with Crippen molar-refractivity contribution in [3.8, 4) is 11.3 Å². The van der Waals surface area contributed by atoms with Gasteiger partial charge >= 0.3 is 5.38 Å². The highest BCUT2D eigenvalue weighted by atomic mass is 35.5. The van der Waals surface area contributed by atoms with Crippen LogP contribution in [-0.4, -0.2) is 11.1 Å². The Morgan fingerprint density at radius 2 is 1.95 bits per heavy atom. The molecule has 2 N–H and O–H groups in total. The first kappa shape index (κ1) is 13.5. The van der Waals surface area contributed by atoms with Crippen molar-refractivity contribution >= 4 is 17.5 Å². The topological polar surface area (TPSA) is 69.1 Å². The van der Waals surface area contributed by atoms with E-state index in [-0.39, 0.29) is 5.69 Å². The number of halogens is 3. The van der Waals surface area contributed by atoms with Crippen molar-refractivity contribution in [1.29, 1.82) is 0 Å². The van der Waals surface area contributed by atoms with Crippen LogP contribution in [0.25, 0.3) is 11.3 Å². The number of carbonyl (C=O) groups is 1. The number of nitrogens with two attached hydrogens (primary N) is 1. The summed E-state index contributed by atoms with van der Waals surface area (Å²) in [7, 11) is 0. The van der Waals surface area contributed by atoms with E-state index in [4.69, 9.17) is 17.3 Å². The molecule has 1 aromatic heterocycles. The van der Waals surface area contributed by atoms with Crippen LogP contribution in [0.5, 0.6) is 0 Å². The molecule has 0 aliphatic carbocycles. The van der Waals surface area contributed by atoms with Gasteiger partial charge in [-0.05, 0) is 18.5 Å². The lowest BCUT2D eigenvalue weighted by molar-refractivity contribution is 0.0587. The maximum absolute atomic E-state index is 13.1. The normalized spacial score (nSPS) is 11.6. The number of rotatable bonds is 3. The van der Waals surface area contributed by atoms with Crippen LogP contribution in [0.15, 0.2) is 28.8 Å². The summed E-state index contributed by atoms with van der Waals surface area (Å²) in [4.78, 5) is 11.3. The molecule has 0 saturated heterocycles. The maximum Gasteiger partial charge on any atom is 0.383 e. The van der Waals surface area contributed by atoms with E-state index in [1.807, 2.05) is 6.92 Å². The average molecular weight is 287 g/mol. The molecule has 1 aromatic carbocycles. The molecule has 1 amide bonds. The van der Waals surface area contributed by atoms with Crippen LogP contribution < -0.4 is 5.73 Å². The minimum atomic E-state index is -3.85. The fourth-order valence-corrected chi connectivity index (χ4v) is 1.75. The van der Waals surface area contributed by atoms with Crippen molar-refractivity contribution in [3.05, 3.63) is 41.2 Å². The first-order valence-corrected chi connectivity index (χ1v) is 5.62. The smallest absolute Gasteiger partial charge is 0.365 e. The van der Waals surface area contributed by atoms with E-state index in [2.05, 4.69) is 9.68 Å². The standard InChI is InChI=1S/C12H9ClF2N2O2/c1-6-2-4-7(5-3-6)9-8(11(16)18)10(19-17-9)12(13,14)15/h2-5H,1H3,(H2,16,18). The third-order valence-electron chi connectivity index (χ3n) is 2.52. The van der Waals surface area contributed by atoms with Gasteiger partial charge in [0.05, 0.1) is 0 Å². The average Bonchev–Trinajstić information content (AvgIpc) is 2.74. The summed E-state index contributed by atoms with van der Waals surface area (Å²) in [6.45, 7) is 1.86. The summed E-state index contributed by atoms with van der Waals surface area (Å²) in [5.74, 6) is -2.12. The number of aromatic nitrogens is 1. The molecule has 4 nitrogen and oxygen atoms in total. The number of benzene rings is 1. The van der Waals surface area contributed by atoms with E-state index < -0.39 is 22.6 Å². The molecule has 0 aliphatic rings. The molecule has 2 aromatic rings. The molecule has 0 saturated carbocycles. The van der Waals surface area contributed by atoms with E-state index in [0.29, 0.717) is 5.56 Å². The van der Waals surface area contributed by atoms with E-state index in [0.717, 1.165) is 5.56 Å². The highest BCUT2D eigenvalue weighted by Crippen LogP contribution is 2.38. The third kappa shape index (κ3) is 2.58. The van der Waals surface area contributed by atoms with Gasteiger partial charge in [0.1, 0.15) is 11.3 Å². The number of alkyl halides is 3.